The van der Waals surface area contributed by atoms with Gasteiger partial charge in [-0.3, -0.25) is 19.7 Å². The molecule has 3 aromatic rings. The normalized spacial score (nSPS) is 14.5. The van der Waals surface area contributed by atoms with Crippen molar-refractivity contribution in [2.75, 3.05) is 18.4 Å². The van der Waals surface area contributed by atoms with Gasteiger partial charge < -0.3 is 10.2 Å². The third-order valence-electron chi connectivity index (χ3n) is 5.11. The first kappa shape index (κ1) is 20.2. The lowest BCUT2D eigenvalue weighted by molar-refractivity contribution is -0.121. The second kappa shape index (κ2) is 8.74. The van der Waals surface area contributed by atoms with Gasteiger partial charge >= 0.3 is 0 Å². The van der Waals surface area contributed by atoms with Crippen LogP contribution in [0.3, 0.4) is 0 Å². The van der Waals surface area contributed by atoms with Crippen LogP contribution in [-0.4, -0.2) is 45.0 Å². The van der Waals surface area contributed by atoms with E-state index in [2.05, 4.69) is 36.4 Å². The number of nitrogens with zero attached hydrogens (tertiary/aromatic N) is 3. The number of hydrogen-bond acceptors (Lipinski definition) is 4. The van der Waals surface area contributed by atoms with Gasteiger partial charge in [0.2, 0.25) is 5.91 Å². The summed E-state index contributed by atoms with van der Waals surface area (Å²) in [5, 5.41) is 9.62. The number of halogens is 2. The molecule has 0 atom stereocenters. The van der Waals surface area contributed by atoms with E-state index in [0.29, 0.717) is 41.8 Å². The summed E-state index contributed by atoms with van der Waals surface area (Å²) in [6, 6.07) is 9.88. The van der Waals surface area contributed by atoms with Crippen molar-refractivity contribution in [3.63, 3.8) is 0 Å². The predicted octanol–water partition coefficient (Wildman–Crippen LogP) is 3.86. The third-order valence-corrected chi connectivity index (χ3v) is 5.60. The molecule has 1 aromatic carbocycles. The topological polar surface area (TPSA) is 91.0 Å². The first-order valence-corrected chi connectivity index (χ1v) is 10.3. The predicted molar refractivity (Wildman–Crippen MR) is 113 cm³/mol. The monoisotopic (exact) mass is 471 g/mol. The van der Waals surface area contributed by atoms with Crippen LogP contribution in [0.4, 0.5) is 10.1 Å². The molecule has 3 heterocycles. The molecule has 0 bridgehead atoms. The van der Waals surface area contributed by atoms with Gasteiger partial charge in [0.05, 0.1) is 11.4 Å². The number of rotatable bonds is 4. The molecule has 1 aliphatic heterocycles. The molecule has 7 nitrogen and oxygen atoms in total. The first-order chi connectivity index (χ1) is 14.5. The fourth-order valence-electron chi connectivity index (χ4n) is 3.43. The minimum absolute atomic E-state index is 0.155. The molecule has 2 N–H and O–H groups in total. The van der Waals surface area contributed by atoms with E-state index in [0.717, 1.165) is 5.56 Å². The number of aromatic amines is 1. The lowest BCUT2D eigenvalue weighted by atomic mass is 9.95. The van der Waals surface area contributed by atoms with Crippen molar-refractivity contribution in [3.8, 4) is 11.3 Å². The maximum Gasteiger partial charge on any atom is 0.271 e. The van der Waals surface area contributed by atoms with Crippen LogP contribution in [0.5, 0.6) is 0 Å². The fraction of sp³-hybridized carbons (Fsp3) is 0.238. The second-order valence-corrected chi connectivity index (χ2v) is 8.00. The van der Waals surface area contributed by atoms with Gasteiger partial charge in [-0.15, -0.1) is 0 Å². The summed E-state index contributed by atoms with van der Waals surface area (Å²) in [6.45, 7) is 0.891. The van der Waals surface area contributed by atoms with Crippen LogP contribution in [0.25, 0.3) is 11.3 Å². The van der Waals surface area contributed by atoms with E-state index in [1.165, 1.54) is 12.1 Å². The highest BCUT2D eigenvalue weighted by atomic mass is 79.9. The number of hydrogen-bond donors (Lipinski definition) is 2. The Kier molecular flexibility index (Phi) is 5.89. The number of likely N-dealkylation sites (tertiary alicyclic amines) is 1. The number of nitrogens with one attached hydrogen (secondary N) is 2. The largest absolute Gasteiger partial charge is 0.337 e. The number of H-pyrrole nitrogens is 1. The Morgan fingerprint density at radius 1 is 1.20 bits per heavy atom. The van der Waals surface area contributed by atoms with Crippen LogP contribution in [0.15, 0.2) is 53.3 Å². The zero-order chi connectivity index (χ0) is 21.1. The molecule has 2 amide bonds. The number of pyridine rings is 1. The number of carbonyl (C=O) groups is 2. The van der Waals surface area contributed by atoms with E-state index in [1.54, 1.807) is 29.4 Å². The van der Waals surface area contributed by atoms with E-state index < -0.39 is 5.82 Å². The van der Waals surface area contributed by atoms with Crippen molar-refractivity contribution in [1.29, 1.82) is 0 Å². The molecule has 30 heavy (non-hydrogen) atoms. The lowest BCUT2D eigenvalue weighted by Gasteiger charge is -2.31. The van der Waals surface area contributed by atoms with Gasteiger partial charge in [-0.1, -0.05) is 15.9 Å². The fourth-order valence-corrected chi connectivity index (χ4v) is 3.77. The molecular formula is C21H19BrFN5O2. The van der Waals surface area contributed by atoms with Crippen LogP contribution >= 0.6 is 15.9 Å². The van der Waals surface area contributed by atoms with Gasteiger partial charge in [0.25, 0.3) is 5.91 Å². The summed E-state index contributed by atoms with van der Waals surface area (Å²) in [5.74, 6) is -1.15. The molecule has 2 aromatic heterocycles. The van der Waals surface area contributed by atoms with Gasteiger partial charge in [-0.25, -0.2) is 4.39 Å². The highest BCUT2D eigenvalue weighted by Crippen LogP contribution is 2.24. The van der Waals surface area contributed by atoms with Crippen LogP contribution < -0.4 is 5.32 Å². The van der Waals surface area contributed by atoms with Crippen molar-refractivity contribution in [1.82, 2.24) is 20.1 Å². The van der Waals surface area contributed by atoms with Crippen LogP contribution in [-0.2, 0) is 4.79 Å². The Hall–Kier alpha value is -3.07. The van der Waals surface area contributed by atoms with E-state index >= 15 is 0 Å². The summed E-state index contributed by atoms with van der Waals surface area (Å²) < 4.78 is 14.6. The molecule has 0 saturated carbocycles. The highest BCUT2D eigenvalue weighted by Gasteiger charge is 2.29. The Morgan fingerprint density at radius 3 is 2.70 bits per heavy atom. The van der Waals surface area contributed by atoms with Gasteiger partial charge in [-0.2, -0.15) is 5.10 Å². The molecule has 1 saturated heterocycles. The number of piperidine rings is 1. The van der Waals surface area contributed by atoms with Crippen molar-refractivity contribution in [3.05, 3.63) is 64.8 Å². The summed E-state index contributed by atoms with van der Waals surface area (Å²) in [5.41, 5.74) is 2.02. The van der Waals surface area contributed by atoms with Crippen molar-refractivity contribution < 1.29 is 14.0 Å². The van der Waals surface area contributed by atoms with E-state index in [4.69, 9.17) is 0 Å². The van der Waals surface area contributed by atoms with Crippen molar-refractivity contribution in [2.24, 2.45) is 5.92 Å². The van der Waals surface area contributed by atoms with Crippen LogP contribution in [0.1, 0.15) is 23.3 Å². The van der Waals surface area contributed by atoms with E-state index in [9.17, 15) is 14.0 Å². The zero-order valence-electron chi connectivity index (χ0n) is 15.9. The molecule has 1 aliphatic rings. The number of aromatic nitrogens is 3. The maximum absolute atomic E-state index is 13.9. The van der Waals surface area contributed by atoms with Gasteiger partial charge in [0, 0.05) is 41.4 Å². The van der Waals surface area contributed by atoms with Crippen molar-refractivity contribution >= 4 is 33.4 Å². The Bertz CT molecular complexity index is 1060. The van der Waals surface area contributed by atoms with Crippen LogP contribution in [0.2, 0.25) is 0 Å². The SMILES string of the molecule is O=C(Nc1ccc(Br)cc1F)C1CCN(C(=O)c2cc(-c3cccnc3)n[nH]2)CC1. The second-order valence-electron chi connectivity index (χ2n) is 7.09. The minimum Gasteiger partial charge on any atom is -0.337 e. The smallest absolute Gasteiger partial charge is 0.271 e. The van der Waals surface area contributed by atoms with Crippen LogP contribution in [0, 0.1) is 11.7 Å². The number of carbonyl (C=O) groups excluding carboxylic acids is 2. The van der Waals surface area contributed by atoms with Gasteiger partial charge in [0.1, 0.15) is 11.5 Å². The Balaban J connectivity index is 1.34. The molecule has 0 unspecified atom stereocenters. The Labute approximate surface area is 180 Å². The lowest BCUT2D eigenvalue weighted by Crippen LogP contribution is -2.41. The molecule has 0 radical (unpaired) electrons. The van der Waals surface area contributed by atoms with Gasteiger partial charge in [-0.05, 0) is 49.2 Å². The maximum atomic E-state index is 13.9. The molecular weight excluding hydrogens is 453 g/mol. The average Bonchev–Trinajstić information content (AvgIpc) is 3.26. The third kappa shape index (κ3) is 4.40. The molecule has 0 aliphatic carbocycles. The highest BCUT2D eigenvalue weighted by molar-refractivity contribution is 9.10. The standard InChI is InChI=1S/C21H19BrFN5O2/c22-15-3-4-17(16(23)10-15)25-20(29)13-5-8-28(9-6-13)21(30)19-11-18(26-27-19)14-2-1-7-24-12-14/h1-4,7,10-13H,5-6,8-9H2,(H,25,29)(H,26,27). The summed E-state index contributed by atoms with van der Waals surface area (Å²) in [7, 11) is 0. The molecule has 1 fully saturated rings. The quantitative estimate of drug-likeness (QED) is 0.604. The van der Waals surface area contributed by atoms with E-state index in [-0.39, 0.29) is 23.4 Å². The minimum atomic E-state index is -0.492. The van der Waals surface area contributed by atoms with Gasteiger partial charge in [0.15, 0.2) is 0 Å². The number of amides is 2. The summed E-state index contributed by atoms with van der Waals surface area (Å²) >= 11 is 3.19. The average molecular weight is 472 g/mol. The first-order valence-electron chi connectivity index (χ1n) is 9.52. The molecule has 0 spiro atoms. The summed E-state index contributed by atoms with van der Waals surface area (Å²) in [4.78, 5) is 31.0. The summed E-state index contributed by atoms with van der Waals surface area (Å²) in [6.07, 6.45) is 4.38. The number of benzene rings is 1. The van der Waals surface area contributed by atoms with E-state index in [1.807, 2.05) is 12.1 Å². The molecule has 9 heteroatoms. The molecule has 4 rings (SSSR count). The molecule has 154 valence electrons. The number of anilines is 1. The zero-order valence-corrected chi connectivity index (χ0v) is 17.5. The van der Waals surface area contributed by atoms with Crippen molar-refractivity contribution in [2.45, 2.75) is 12.8 Å². The Morgan fingerprint density at radius 2 is 2.00 bits per heavy atom.